The van der Waals surface area contributed by atoms with Gasteiger partial charge in [0.1, 0.15) is 24.2 Å². The summed E-state index contributed by atoms with van der Waals surface area (Å²) in [6.45, 7) is -0.349. The molecule has 1 atom stereocenters. The number of hydrogen-bond donors (Lipinski definition) is 0. The summed E-state index contributed by atoms with van der Waals surface area (Å²) in [7, 11) is -1.40. The molecular weight excluding hydrogens is 504 g/mol. The number of carbonyl (C=O) groups excluding carboxylic acids is 2. The average molecular weight is 526 g/mol. The summed E-state index contributed by atoms with van der Waals surface area (Å²) < 4.78 is 66.8. The van der Waals surface area contributed by atoms with Crippen LogP contribution in [0.5, 0.6) is 5.75 Å². The number of nitrogens with zero attached hydrogens (tertiary/aromatic N) is 3. The fraction of sp³-hybridized carbons (Fsp3) is 0.318. The Hall–Kier alpha value is -3.16. The summed E-state index contributed by atoms with van der Waals surface area (Å²) in [6, 6.07) is 6.43. The van der Waals surface area contributed by atoms with E-state index in [0.717, 1.165) is 33.4 Å². The highest BCUT2D eigenvalue weighted by atomic mass is 32.2. The van der Waals surface area contributed by atoms with E-state index in [0.29, 0.717) is 18.2 Å². The zero-order chi connectivity index (χ0) is 25.3. The topological polar surface area (TPSA) is 107 Å². The van der Waals surface area contributed by atoms with Gasteiger partial charge < -0.3 is 14.0 Å². The Kier molecular flexibility index (Phi) is 7.01. The summed E-state index contributed by atoms with van der Waals surface area (Å²) in [4.78, 5) is 29.0. The first-order valence-electron chi connectivity index (χ1n) is 10.5. The van der Waals surface area contributed by atoms with E-state index in [1.165, 1.54) is 31.4 Å². The number of halogens is 2. The number of amides is 1. The van der Waals surface area contributed by atoms with Gasteiger partial charge in [-0.3, -0.25) is 9.59 Å². The Labute approximate surface area is 203 Å². The molecule has 0 aliphatic carbocycles. The normalized spacial score (nSPS) is 17.1. The molecule has 1 fully saturated rings. The number of rotatable bonds is 6. The summed E-state index contributed by atoms with van der Waals surface area (Å²) >= 11 is 0.807. The van der Waals surface area contributed by atoms with Crippen LogP contribution in [-0.4, -0.2) is 56.0 Å². The van der Waals surface area contributed by atoms with E-state index in [9.17, 15) is 26.8 Å². The molecule has 0 radical (unpaired) electrons. The quantitative estimate of drug-likeness (QED) is 0.458. The molecule has 1 amide bonds. The van der Waals surface area contributed by atoms with E-state index in [4.69, 9.17) is 4.74 Å². The predicted molar refractivity (Wildman–Crippen MR) is 122 cm³/mol. The zero-order valence-corrected chi connectivity index (χ0v) is 20.4. The molecule has 3 aromatic rings. The van der Waals surface area contributed by atoms with Crippen molar-refractivity contribution in [1.29, 1.82) is 0 Å². The second-order valence-electron chi connectivity index (χ2n) is 7.68. The van der Waals surface area contributed by atoms with Crippen molar-refractivity contribution in [2.45, 2.75) is 30.3 Å². The fourth-order valence-corrected chi connectivity index (χ4v) is 6.61. The molecule has 9 nitrogen and oxygen atoms in total. The van der Waals surface area contributed by atoms with Gasteiger partial charge in [0.2, 0.25) is 10.0 Å². The van der Waals surface area contributed by atoms with Crippen LogP contribution in [0.4, 0.5) is 8.78 Å². The lowest BCUT2D eigenvalue weighted by Crippen LogP contribution is -2.40. The lowest BCUT2D eigenvalue weighted by atomic mass is 10.2. The Morgan fingerprint density at radius 2 is 1.89 bits per heavy atom. The van der Waals surface area contributed by atoms with Crippen molar-refractivity contribution in [3.63, 3.8) is 0 Å². The molecular formula is C22H21F2N3O6S2. The predicted octanol–water partition coefficient (Wildman–Crippen LogP) is 2.44. The van der Waals surface area contributed by atoms with E-state index in [-0.39, 0.29) is 32.9 Å². The summed E-state index contributed by atoms with van der Waals surface area (Å²) in [5.74, 6) is -2.78. The minimum Gasteiger partial charge on any atom is -0.497 e. The maximum atomic E-state index is 14.5. The number of aromatic nitrogens is 1. The third-order valence-corrected chi connectivity index (χ3v) is 8.52. The van der Waals surface area contributed by atoms with Gasteiger partial charge in [0, 0.05) is 12.6 Å². The molecule has 13 heteroatoms. The molecule has 1 saturated heterocycles. The lowest BCUT2D eigenvalue weighted by molar-refractivity contribution is -0.141. The number of carbonyl (C=O) groups is 2. The third-order valence-electron chi connectivity index (χ3n) is 5.57. The van der Waals surface area contributed by atoms with Crippen LogP contribution in [0.1, 0.15) is 12.8 Å². The molecule has 1 aliphatic rings. The van der Waals surface area contributed by atoms with Gasteiger partial charge in [-0.05, 0) is 43.2 Å². The lowest BCUT2D eigenvalue weighted by Gasteiger charge is -2.21. The largest absolute Gasteiger partial charge is 0.497 e. The highest BCUT2D eigenvalue weighted by Gasteiger charge is 2.39. The van der Waals surface area contributed by atoms with Gasteiger partial charge in [-0.15, -0.1) is 0 Å². The number of methoxy groups -OCH3 is 2. The first-order chi connectivity index (χ1) is 16.6. The summed E-state index contributed by atoms with van der Waals surface area (Å²) in [5, 5.41) is 0. The van der Waals surface area contributed by atoms with Crippen LogP contribution < -0.4 is 9.54 Å². The van der Waals surface area contributed by atoms with E-state index >= 15 is 0 Å². The van der Waals surface area contributed by atoms with Crippen molar-refractivity contribution in [2.24, 2.45) is 4.99 Å². The maximum absolute atomic E-state index is 14.5. The average Bonchev–Trinajstić information content (AvgIpc) is 3.45. The van der Waals surface area contributed by atoms with Crippen molar-refractivity contribution < 1.29 is 36.3 Å². The van der Waals surface area contributed by atoms with Gasteiger partial charge in [-0.1, -0.05) is 11.3 Å². The Bertz CT molecular complexity index is 1460. The van der Waals surface area contributed by atoms with Gasteiger partial charge in [0.05, 0.1) is 29.3 Å². The molecule has 1 unspecified atom stereocenters. The zero-order valence-electron chi connectivity index (χ0n) is 18.7. The van der Waals surface area contributed by atoms with E-state index in [2.05, 4.69) is 9.73 Å². The minimum absolute atomic E-state index is 0.00170. The number of esters is 1. The molecule has 0 saturated carbocycles. The maximum Gasteiger partial charge on any atom is 0.325 e. The SMILES string of the molecule is COC(=O)Cn1c(=NC(=O)C2CCCN2S(=O)(=O)c2ccc(OC)cc2)sc2cc(F)cc(F)c21. The Balaban J connectivity index is 1.74. The fourth-order valence-electron chi connectivity index (χ4n) is 3.88. The summed E-state index contributed by atoms with van der Waals surface area (Å²) in [6.07, 6.45) is 0.679. The van der Waals surface area contributed by atoms with Crippen molar-refractivity contribution in [3.05, 3.63) is 52.8 Å². The van der Waals surface area contributed by atoms with E-state index in [1.54, 1.807) is 0 Å². The molecule has 0 bridgehead atoms. The number of sulfonamides is 1. The third kappa shape index (κ3) is 4.83. The smallest absolute Gasteiger partial charge is 0.325 e. The van der Waals surface area contributed by atoms with Gasteiger partial charge in [-0.2, -0.15) is 9.30 Å². The molecule has 1 aromatic heterocycles. The van der Waals surface area contributed by atoms with Crippen LogP contribution in [0.2, 0.25) is 0 Å². The number of fused-ring (bicyclic) bond motifs is 1. The molecule has 4 rings (SSSR count). The van der Waals surface area contributed by atoms with Crippen LogP contribution in [-0.2, 0) is 30.9 Å². The molecule has 1 aliphatic heterocycles. The molecule has 35 heavy (non-hydrogen) atoms. The van der Waals surface area contributed by atoms with Crippen LogP contribution in [0.15, 0.2) is 46.3 Å². The molecule has 2 aromatic carbocycles. The van der Waals surface area contributed by atoms with Crippen LogP contribution >= 0.6 is 11.3 Å². The number of benzene rings is 2. The second-order valence-corrected chi connectivity index (χ2v) is 10.6. The van der Waals surface area contributed by atoms with Crippen molar-refractivity contribution in [2.75, 3.05) is 20.8 Å². The number of thiazole rings is 1. The van der Waals surface area contributed by atoms with Gasteiger partial charge in [-0.25, -0.2) is 17.2 Å². The molecule has 186 valence electrons. The van der Waals surface area contributed by atoms with Crippen LogP contribution in [0.25, 0.3) is 10.2 Å². The molecule has 0 N–H and O–H groups in total. The van der Waals surface area contributed by atoms with Crippen LogP contribution in [0, 0.1) is 11.6 Å². The highest BCUT2D eigenvalue weighted by molar-refractivity contribution is 7.89. The highest BCUT2D eigenvalue weighted by Crippen LogP contribution is 2.28. The Morgan fingerprint density at radius 1 is 1.17 bits per heavy atom. The van der Waals surface area contributed by atoms with Gasteiger partial charge >= 0.3 is 5.97 Å². The number of hydrogen-bond acceptors (Lipinski definition) is 7. The van der Waals surface area contributed by atoms with Gasteiger partial charge in [0.25, 0.3) is 5.91 Å². The monoisotopic (exact) mass is 525 g/mol. The Morgan fingerprint density at radius 3 is 2.54 bits per heavy atom. The second kappa shape index (κ2) is 9.84. The van der Waals surface area contributed by atoms with Gasteiger partial charge in [0.15, 0.2) is 10.6 Å². The summed E-state index contributed by atoms with van der Waals surface area (Å²) in [5.41, 5.74) is -0.109. The van der Waals surface area contributed by atoms with E-state index < -0.39 is 46.1 Å². The van der Waals surface area contributed by atoms with E-state index in [1.807, 2.05) is 0 Å². The number of ether oxygens (including phenoxy) is 2. The van der Waals surface area contributed by atoms with Crippen molar-refractivity contribution in [3.8, 4) is 5.75 Å². The molecule has 0 spiro atoms. The standard InChI is InChI=1S/C22H21F2N3O6S2/c1-32-14-5-7-15(8-6-14)35(30,31)27-9-3-4-17(27)21(29)25-22-26(12-19(28)33-2)20-16(24)10-13(23)11-18(20)34-22/h5-8,10-11,17H,3-4,9,12H2,1-2H3. The van der Waals surface area contributed by atoms with Crippen molar-refractivity contribution >= 4 is 43.5 Å². The van der Waals surface area contributed by atoms with Crippen LogP contribution in [0.3, 0.4) is 0 Å². The minimum atomic E-state index is -4.01. The molecule has 2 heterocycles. The first kappa shape index (κ1) is 24.9. The first-order valence-corrected chi connectivity index (χ1v) is 12.7. The van der Waals surface area contributed by atoms with Crippen molar-refractivity contribution in [1.82, 2.24) is 8.87 Å².